The highest BCUT2D eigenvalue weighted by molar-refractivity contribution is 5.80. The van der Waals surface area contributed by atoms with Gasteiger partial charge in [-0.05, 0) is 38.5 Å². The molecule has 0 aromatic rings. The summed E-state index contributed by atoms with van der Waals surface area (Å²) in [6.07, 6.45) is 57.0. The number of carbonyl (C=O) groups excluding carboxylic acids is 1. The maximum absolute atomic E-state index is 12.6. The van der Waals surface area contributed by atoms with E-state index < -0.39 is 36.9 Å². The van der Waals surface area contributed by atoms with Crippen LogP contribution in [0.1, 0.15) is 296 Å². The number of aliphatic hydroxyl groups is 4. The molecule has 358 valence electrons. The monoisotopic (exact) mass is 850 g/mol. The SMILES string of the molecule is CCCCCCCCCCCCCCCCCCCCC/C=C/CCCC(O)C(O)C(CO)NC(=O)C(O)CCCCCCCCCCCCCCCCCCCCCC. The molecule has 0 bridgehead atoms. The van der Waals surface area contributed by atoms with Gasteiger partial charge in [0.05, 0.1) is 18.8 Å². The lowest BCUT2D eigenvalue weighted by Crippen LogP contribution is -2.53. The van der Waals surface area contributed by atoms with Gasteiger partial charge in [0.2, 0.25) is 5.91 Å². The second-order valence-corrected chi connectivity index (χ2v) is 18.9. The van der Waals surface area contributed by atoms with Crippen LogP contribution in [0, 0.1) is 0 Å². The first kappa shape index (κ1) is 59.0. The number of aliphatic hydroxyl groups excluding tert-OH is 4. The van der Waals surface area contributed by atoms with Crippen LogP contribution in [0.4, 0.5) is 0 Å². The second-order valence-electron chi connectivity index (χ2n) is 18.9. The number of nitrogens with one attached hydrogen (secondary N) is 1. The van der Waals surface area contributed by atoms with Crippen molar-refractivity contribution in [2.75, 3.05) is 6.61 Å². The van der Waals surface area contributed by atoms with E-state index in [-0.39, 0.29) is 0 Å². The standard InChI is InChI=1S/C54H107NO5/c1-3-5-7-9-11-13-15-17-19-21-23-25-26-27-28-30-31-33-35-37-39-41-43-45-47-51(57)53(59)50(49-56)55-54(60)52(58)48-46-44-42-40-38-36-34-32-29-24-22-20-18-16-14-12-10-8-6-4-2/h39,41,50-53,56-59H,3-38,40,42-49H2,1-2H3,(H,55,60)/b41-39+. The molecule has 6 nitrogen and oxygen atoms in total. The Bertz CT molecular complexity index is 867. The summed E-state index contributed by atoms with van der Waals surface area (Å²) in [5, 5.41) is 43.9. The first-order chi connectivity index (χ1) is 29.5. The molecule has 0 aromatic carbocycles. The number of amides is 1. The predicted molar refractivity (Wildman–Crippen MR) is 261 cm³/mol. The minimum Gasteiger partial charge on any atom is -0.394 e. The quantitative estimate of drug-likeness (QED) is 0.0309. The van der Waals surface area contributed by atoms with Crippen molar-refractivity contribution in [3.05, 3.63) is 12.2 Å². The van der Waals surface area contributed by atoms with E-state index in [1.165, 1.54) is 231 Å². The van der Waals surface area contributed by atoms with Gasteiger partial charge in [0.1, 0.15) is 12.2 Å². The molecule has 60 heavy (non-hydrogen) atoms. The number of rotatable bonds is 50. The normalized spacial score (nSPS) is 13.9. The van der Waals surface area contributed by atoms with Crippen molar-refractivity contribution in [1.82, 2.24) is 5.32 Å². The van der Waals surface area contributed by atoms with Crippen molar-refractivity contribution >= 4 is 5.91 Å². The van der Waals surface area contributed by atoms with E-state index in [0.717, 1.165) is 38.5 Å². The second kappa shape index (κ2) is 49.1. The molecule has 0 aliphatic rings. The van der Waals surface area contributed by atoms with Crippen LogP contribution in [0.15, 0.2) is 12.2 Å². The van der Waals surface area contributed by atoms with Gasteiger partial charge in [-0.15, -0.1) is 0 Å². The lowest BCUT2D eigenvalue weighted by atomic mass is 10.00. The van der Waals surface area contributed by atoms with Crippen LogP contribution in [0.3, 0.4) is 0 Å². The van der Waals surface area contributed by atoms with Gasteiger partial charge in [-0.25, -0.2) is 0 Å². The Kier molecular flexibility index (Phi) is 48.3. The summed E-state index contributed by atoms with van der Waals surface area (Å²) in [4.78, 5) is 12.6. The summed E-state index contributed by atoms with van der Waals surface area (Å²) in [6.45, 7) is 4.08. The summed E-state index contributed by atoms with van der Waals surface area (Å²) in [7, 11) is 0. The van der Waals surface area contributed by atoms with Crippen molar-refractivity contribution in [2.24, 2.45) is 0 Å². The molecule has 4 unspecified atom stereocenters. The van der Waals surface area contributed by atoms with E-state index in [9.17, 15) is 25.2 Å². The van der Waals surface area contributed by atoms with Crippen LogP contribution in [-0.2, 0) is 4.79 Å². The molecule has 5 N–H and O–H groups in total. The lowest BCUT2D eigenvalue weighted by molar-refractivity contribution is -0.132. The highest BCUT2D eigenvalue weighted by Gasteiger charge is 2.28. The summed E-state index contributed by atoms with van der Waals surface area (Å²) in [6, 6.07) is -0.998. The molecule has 0 radical (unpaired) electrons. The van der Waals surface area contributed by atoms with E-state index in [1.54, 1.807) is 0 Å². The number of hydrogen-bond donors (Lipinski definition) is 5. The van der Waals surface area contributed by atoms with E-state index in [0.29, 0.717) is 12.8 Å². The zero-order valence-corrected chi connectivity index (χ0v) is 40.5. The Morgan fingerprint density at radius 2 is 0.683 bits per heavy atom. The summed E-state index contributed by atoms with van der Waals surface area (Å²) >= 11 is 0. The molecular formula is C54H107NO5. The van der Waals surface area contributed by atoms with E-state index in [4.69, 9.17) is 0 Å². The highest BCUT2D eigenvalue weighted by Crippen LogP contribution is 2.18. The Morgan fingerprint density at radius 3 is 1.00 bits per heavy atom. The molecule has 0 fully saturated rings. The number of hydrogen-bond acceptors (Lipinski definition) is 5. The summed E-state index contributed by atoms with van der Waals surface area (Å²) in [5.74, 6) is -0.587. The third kappa shape index (κ3) is 42.4. The van der Waals surface area contributed by atoms with Gasteiger partial charge in [0.15, 0.2) is 0 Å². The Labute approximate surface area is 374 Å². The molecule has 0 aliphatic carbocycles. The molecule has 0 saturated carbocycles. The maximum atomic E-state index is 12.6. The molecule has 0 spiro atoms. The minimum absolute atomic E-state index is 0.369. The van der Waals surface area contributed by atoms with Crippen molar-refractivity contribution in [1.29, 1.82) is 0 Å². The van der Waals surface area contributed by atoms with Gasteiger partial charge in [0, 0.05) is 0 Å². The smallest absolute Gasteiger partial charge is 0.249 e. The molecular weight excluding hydrogens is 743 g/mol. The van der Waals surface area contributed by atoms with Gasteiger partial charge in [-0.3, -0.25) is 4.79 Å². The molecule has 0 aromatic heterocycles. The van der Waals surface area contributed by atoms with E-state index in [2.05, 4.69) is 31.3 Å². The van der Waals surface area contributed by atoms with Crippen LogP contribution in [0.2, 0.25) is 0 Å². The average molecular weight is 850 g/mol. The minimum atomic E-state index is -1.28. The highest BCUT2D eigenvalue weighted by atomic mass is 16.3. The first-order valence-electron chi connectivity index (χ1n) is 27.1. The van der Waals surface area contributed by atoms with Crippen molar-refractivity contribution in [3.63, 3.8) is 0 Å². The predicted octanol–water partition coefficient (Wildman–Crippen LogP) is 15.3. The summed E-state index contributed by atoms with van der Waals surface area (Å²) in [5.41, 5.74) is 0. The van der Waals surface area contributed by atoms with Gasteiger partial charge in [-0.2, -0.15) is 0 Å². The molecule has 0 heterocycles. The fraction of sp³-hybridized carbons (Fsp3) is 0.944. The zero-order valence-electron chi connectivity index (χ0n) is 40.5. The van der Waals surface area contributed by atoms with E-state index in [1.807, 2.05) is 0 Å². The molecule has 0 rings (SSSR count). The van der Waals surface area contributed by atoms with Crippen LogP contribution < -0.4 is 5.32 Å². The first-order valence-corrected chi connectivity index (χ1v) is 27.1. The summed E-state index contributed by atoms with van der Waals surface area (Å²) < 4.78 is 0. The van der Waals surface area contributed by atoms with Gasteiger partial charge in [0.25, 0.3) is 0 Å². The van der Waals surface area contributed by atoms with Crippen molar-refractivity contribution < 1.29 is 25.2 Å². The Balaban J connectivity index is 3.65. The lowest BCUT2D eigenvalue weighted by Gasteiger charge is -2.27. The topological polar surface area (TPSA) is 110 Å². The van der Waals surface area contributed by atoms with Crippen molar-refractivity contribution in [3.8, 4) is 0 Å². The third-order valence-corrected chi connectivity index (χ3v) is 13.0. The van der Waals surface area contributed by atoms with Gasteiger partial charge < -0.3 is 25.7 Å². The maximum Gasteiger partial charge on any atom is 0.249 e. The molecule has 0 saturated heterocycles. The molecule has 1 amide bonds. The largest absolute Gasteiger partial charge is 0.394 e. The van der Waals surface area contributed by atoms with E-state index >= 15 is 0 Å². The van der Waals surface area contributed by atoms with Gasteiger partial charge in [-0.1, -0.05) is 270 Å². The number of unbranched alkanes of at least 4 members (excludes halogenated alkanes) is 39. The fourth-order valence-corrected chi connectivity index (χ4v) is 8.70. The van der Waals surface area contributed by atoms with Gasteiger partial charge >= 0.3 is 0 Å². The fourth-order valence-electron chi connectivity index (χ4n) is 8.70. The zero-order chi connectivity index (χ0) is 43.8. The van der Waals surface area contributed by atoms with Crippen LogP contribution in [0.5, 0.6) is 0 Å². The Morgan fingerprint density at radius 1 is 0.400 bits per heavy atom. The number of carbonyl (C=O) groups is 1. The average Bonchev–Trinajstić information content (AvgIpc) is 3.25. The van der Waals surface area contributed by atoms with Crippen LogP contribution in [-0.4, -0.2) is 57.3 Å². The Hall–Kier alpha value is -0.950. The third-order valence-electron chi connectivity index (χ3n) is 13.0. The number of allylic oxidation sites excluding steroid dienone is 2. The molecule has 0 aliphatic heterocycles. The van der Waals surface area contributed by atoms with Crippen LogP contribution in [0.25, 0.3) is 0 Å². The molecule has 6 heteroatoms. The molecule has 4 atom stereocenters. The van der Waals surface area contributed by atoms with Crippen molar-refractivity contribution in [2.45, 2.75) is 321 Å². The van der Waals surface area contributed by atoms with Crippen LogP contribution >= 0.6 is 0 Å².